The van der Waals surface area contributed by atoms with Crippen molar-refractivity contribution in [3.8, 4) is 5.75 Å². The monoisotopic (exact) mass is 297 g/mol. The summed E-state index contributed by atoms with van der Waals surface area (Å²) >= 11 is 0. The summed E-state index contributed by atoms with van der Waals surface area (Å²) in [4.78, 5) is 0. The first-order chi connectivity index (χ1) is 9.79. The third-order valence-electron chi connectivity index (χ3n) is 3.13. The summed E-state index contributed by atoms with van der Waals surface area (Å²) in [5, 5.41) is 1.48. The largest absolute Gasteiger partial charge is 0.493 e. The fourth-order valence-corrected chi connectivity index (χ4v) is 2.04. The molecule has 0 saturated carbocycles. The molecule has 0 saturated heterocycles. The minimum absolute atomic E-state index is 0.0138. The molecule has 2 aromatic carbocycles. The van der Waals surface area contributed by atoms with Gasteiger partial charge in [0.05, 0.1) is 6.61 Å². The predicted molar refractivity (Wildman–Crippen MR) is 77.3 cm³/mol. The maximum absolute atomic E-state index is 12.8. The van der Waals surface area contributed by atoms with E-state index in [1.165, 1.54) is 12.1 Å². The number of hydrogen-bond donors (Lipinski definition) is 1. The van der Waals surface area contributed by atoms with Gasteiger partial charge in [0.2, 0.25) is 0 Å². The van der Waals surface area contributed by atoms with Crippen LogP contribution in [-0.4, -0.2) is 12.8 Å². The van der Waals surface area contributed by atoms with Gasteiger partial charge in [0.1, 0.15) is 11.8 Å². The van der Waals surface area contributed by atoms with Crippen molar-refractivity contribution in [2.75, 3.05) is 6.61 Å². The van der Waals surface area contributed by atoms with Crippen LogP contribution in [0.2, 0.25) is 0 Å². The molecule has 0 aliphatic rings. The van der Waals surface area contributed by atoms with Crippen LogP contribution in [0, 0.1) is 5.92 Å². The van der Waals surface area contributed by atoms with Crippen LogP contribution in [-0.2, 0) is 0 Å². The number of nitrogens with two attached hydrogens (primary N) is 1. The third-order valence-corrected chi connectivity index (χ3v) is 3.13. The molecular weight excluding hydrogens is 279 g/mol. The van der Waals surface area contributed by atoms with Crippen molar-refractivity contribution >= 4 is 10.8 Å². The van der Waals surface area contributed by atoms with E-state index in [4.69, 9.17) is 10.5 Å². The van der Waals surface area contributed by atoms with Gasteiger partial charge >= 0.3 is 6.18 Å². The zero-order valence-electron chi connectivity index (χ0n) is 11.9. The van der Waals surface area contributed by atoms with E-state index in [-0.39, 0.29) is 11.5 Å². The molecule has 2 nitrogen and oxygen atoms in total. The van der Waals surface area contributed by atoms with E-state index in [0.717, 1.165) is 5.39 Å². The Hall–Kier alpha value is -1.75. The molecule has 2 aromatic rings. The lowest BCUT2D eigenvalue weighted by Gasteiger charge is -2.19. The molecule has 0 fully saturated rings. The first-order valence-electron chi connectivity index (χ1n) is 6.77. The highest BCUT2D eigenvalue weighted by Gasteiger charge is 2.38. The third kappa shape index (κ3) is 3.67. The summed E-state index contributed by atoms with van der Waals surface area (Å²) in [7, 11) is 0. The van der Waals surface area contributed by atoms with Gasteiger partial charge in [0.25, 0.3) is 0 Å². The molecule has 0 amide bonds. The second-order valence-electron chi connectivity index (χ2n) is 5.46. The van der Waals surface area contributed by atoms with E-state index in [2.05, 4.69) is 0 Å². The second kappa shape index (κ2) is 5.93. The number of fused-ring (bicyclic) bond motifs is 1. The van der Waals surface area contributed by atoms with E-state index in [0.29, 0.717) is 17.7 Å². The van der Waals surface area contributed by atoms with E-state index in [9.17, 15) is 13.2 Å². The van der Waals surface area contributed by atoms with Gasteiger partial charge in [-0.2, -0.15) is 13.2 Å². The Balaban J connectivity index is 2.49. The Morgan fingerprint density at radius 2 is 1.81 bits per heavy atom. The molecule has 0 aliphatic heterocycles. The van der Waals surface area contributed by atoms with Crippen molar-refractivity contribution in [3.63, 3.8) is 0 Å². The van der Waals surface area contributed by atoms with Crippen molar-refractivity contribution in [1.82, 2.24) is 0 Å². The maximum atomic E-state index is 12.8. The molecule has 5 heteroatoms. The highest BCUT2D eigenvalue weighted by molar-refractivity contribution is 5.89. The zero-order chi connectivity index (χ0) is 15.6. The van der Waals surface area contributed by atoms with E-state index in [1.54, 1.807) is 12.1 Å². The topological polar surface area (TPSA) is 35.2 Å². The van der Waals surface area contributed by atoms with Gasteiger partial charge in [-0.05, 0) is 29.0 Å². The van der Waals surface area contributed by atoms with Crippen LogP contribution in [0.5, 0.6) is 5.75 Å². The lowest BCUT2D eigenvalue weighted by molar-refractivity contribution is -0.149. The van der Waals surface area contributed by atoms with Gasteiger partial charge in [-0.1, -0.05) is 38.1 Å². The van der Waals surface area contributed by atoms with Crippen molar-refractivity contribution in [2.45, 2.75) is 26.1 Å². The molecule has 0 aromatic heterocycles. The molecule has 0 heterocycles. The average Bonchev–Trinajstić information content (AvgIpc) is 2.42. The number of rotatable bonds is 4. The van der Waals surface area contributed by atoms with Crippen molar-refractivity contribution < 1.29 is 17.9 Å². The van der Waals surface area contributed by atoms with Crippen LogP contribution in [0.1, 0.15) is 25.5 Å². The molecule has 0 spiro atoms. The van der Waals surface area contributed by atoms with Crippen LogP contribution < -0.4 is 10.5 Å². The highest BCUT2D eigenvalue weighted by Crippen LogP contribution is 2.35. The second-order valence-corrected chi connectivity index (χ2v) is 5.46. The SMILES string of the molecule is CC(C)COc1cc([C@H](N)C(F)(F)F)cc2ccccc12. The summed E-state index contributed by atoms with van der Waals surface area (Å²) in [5.41, 5.74) is 5.32. The van der Waals surface area contributed by atoms with Gasteiger partial charge in [0.15, 0.2) is 0 Å². The molecular formula is C16H18F3NO. The zero-order valence-corrected chi connectivity index (χ0v) is 11.9. The summed E-state index contributed by atoms with van der Waals surface area (Å²) in [6.07, 6.45) is -4.47. The summed E-state index contributed by atoms with van der Waals surface area (Å²) in [6.45, 7) is 4.40. The fraction of sp³-hybridized carbons (Fsp3) is 0.375. The quantitative estimate of drug-likeness (QED) is 0.905. The smallest absolute Gasteiger partial charge is 0.407 e. The Labute approximate surface area is 121 Å². The van der Waals surface area contributed by atoms with E-state index < -0.39 is 12.2 Å². The molecule has 0 aliphatic carbocycles. The van der Waals surface area contributed by atoms with Crippen LogP contribution in [0.3, 0.4) is 0 Å². The lowest BCUT2D eigenvalue weighted by atomic mass is 10.0. The average molecular weight is 297 g/mol. The Morgan fingerprint density at radius 3 is 2.43 bits per heavy atom. The Morgan fingerprint density at radius 1 is 1.14 bits per heavy atom. The van der Waals surface area contributed by atoms with Crippen LogP contribution in [0.25, 0.3) is 10.8 Å². The van der Waals surface area contributed by atoms with Crippen molar-refractivity contribution in [2.24, 2.45) is 11.7 Å². The number of ether oxygens (including phenoxy) is 1. The number of benzene rings is 2. The molecule has 2 rings (SSSR count). The molecule has 0 unspecified atom stereocenters. The first kappa shape index (κ1) is 15.6. The van der Waals surface area contributed by atoms with Crippen LogP contribution >= 0.6 is 0 Å². The molecule has 114 valence electrons. The molecule has 21 heavy (non-hydrogen) atoms. The van der Waals surface area contributed by atoms with Crippen LogP contribution in [0.4, 0.5) is 13.2 Å². The van der Waals surface area contributed by atoms with Gasteiger partial charge < -0.3 is 10.5 Å². The van der Waals surface area contributed by atoms with Crippen molar-refractivity contribution in [3.05, 3.63) is 42.0 Å². The molecule has 0 bridgehead atoms. The predicted octanol–water partition coefficient (Wildman–Crippen LogP) is 4.44. The Kier molecular flexibility index (Phi) is 4.42. The minimum Gasteiger partial charge on any atom is -0.493 e. The summed E-state index contributed by atoms with van der Waals surface area (Å²) < 4.78 is 44.1. The summed E-state index contributed by atoms with van der Waals surface area (Å²) in [5.74, 6) is 0.722. The lowest BCUT2D eigenvalue weighted by Crippen LogP contribution is -2.28. The minimum atomic E-state index is -4.47. The number of alkyl halides is 3. The van der Waals surface area contributed by atoms with Crippen molar-refractivity contribution in [1.29, 1.82) is 0 Å². The fourth-order valence-electron chi connectivity index (χ4n) is 2.04. The van der Waals surface area contributed by atoms with Gasteiger partial charge in [-0.15, -0.1) is 0 Å². The molecule has 1 atom stereocenters. The van der Waals surface area contributed by atoms with E-state index in [1.807, 2.05) is 26.0 Å². The van der Waals surface area contributed by atoms with Gasteiger partial charge in [0, 0.05) is 5.39 Å². The number of halogens is 3. The summed E-state index contributed by atoms with van der Waals surface area (Å²) in [6, 6.07) is 8.03. The Bertz CT molecular complexity index is 622. The van der Waals surface area contributed by atoms with Gasteiger partial charge in [-0.3, -0.25) is 0 Å². The van der Waals surface area contributed by atoms with Gasteiger partial charge in [-0.25, -0.2) is 0 Å². The molecule has 0 radical (unpaired) electrons. The number of hydrogen-bond acceptors (Lipinski definition) is 2. The molecule has 2 N–H and O–H groups in total. The highest BCUT2D eigenvalue weighted by atomic mass is 19.4. The maximum Gasteiger partial charge on any atom is 0.407 e. The first-order valence-corrected chi connectivity index (χ1v) is 6.77. The standard InChI is InChI=1S/C16H18F3NO/c1-10(2)9-21-14-8-12(15(20)16(17,18)19)7-11-5-3-4-6-13(11)14/h3-8,10,15H,9,20H2,1-2H3/t15-/m0/s1. The normalized spacial score (nSPS) is 13.7. The van der Waals surface area contributed by atoms with E-state index >= 15 is 0 Å². The van der Waals surface area contributed by atoms with Crippen LogP contribution in [0.15, 0.2) is 36.4 Å².